The van der Waals surface area contributed by atoms with Crippen molar-refractivity contribution in [3.63, 3.8) is 0 Å². The van der Waals surface area contributed by atoms with Crippen molar-refractivity contribution in [1.82, 2.24) is 0 Å². The van der Waals surface area contributed by atoms with E-state index >= 15 is 0 Å². The number of phenolic OH excluding ortho intramolecular Hbond substituents is 1. The highest BCUT2D eigenvalue weighted by Crippen LogP contribution is 2.42. The summed E-state index contributed by atoms with van der Waals surface area (Å²) in [5, 5.41) is 10.0. The van der Waals surface area contributed by atoms with Crippen LogP contribution < -0.4 is 4.74 Å². The van der Waals surface area contributed by atoms with Gasteiger partial charge in [-0.1, -0.05) is 39.0 Å². The van der Waals surface area contributed by atoms with E-state index in [9.17, 15) is 14.3 Å². The van der Waals surface area contributed by atoms with Crippen LogP contribution in [0, 0.1) is 29.5 Å². The predicted molar refractivity (Wildman–Crippen MR) is 114 cm³/mol. The number of halogens is 1. The molecule has 1 N–H and O–H groups in total. The van der Waals surface area contributed by atoms with Gasteiger partial charge in [0.2, 0.25) is 5.82 Å². The first-order chi connectivity index (χ1) is 14.0. The molecule has 4 heteroatoms. The van der Waals surface area contributed by atoms with Gasteiger partial charge in [0.25, 0.3) is 0 Å². The molecule has 0 radical (unpaired) electrons. The van der Waals surface area contributed by atoms with E-state index in [0.29, 0.717) is 18.9 Å². The molecule has 0 atom stereocenters. The second-order valence-corrected chi connectivity index (χ2v) is 9.32. The molecule has 0 spiro atoms. The maximum absolute atomic E-state index is 14.1. The lowest BCUT2D eigenvalue weighted by molar-refractivity contribution is 0.0970. The van der Waals surface area contributed by atoms with Crippen LogP contribution in [0.1, 0.15) is 94.8 Å². The fourth-order valence-electron chi connectivity index (χ4n) is 5.43. The Kier molecular flexibility index (Phi) is 7.97. The highest BCUT2D eigenvalue weighted by Gasteiger charge is 2.30. The first-order valence-electron chi connectivity index (χ1n) is 11.7. The number of ether oxygens (including phenoxy) is 1. The molecule has 0 aromatic heterocycles. The minimum atomic E-state index is -0.840. The number of phenols is 1. The van der Waals surface area contributed by atoms with Gasteiger partial charge in [-0.05, 0) is 74.8 Å². The van der Waals surface area contributed by atoms with Gasteiger partial charge in [0.15, 0.2) is 17.3 Å². The summed E-state index contributed by atoms with van der Waals surface area (Å²) in [6, 6.07) is 2.90. The van der Waals surface area contributed by atoms with Gasteiger partial charge in [0, 0.05) is 6.42 Å². The average Bonchev–Trinajstić information content (AvgIpc) is 2.73. The van der Waals surface area contributed by atoms with E-state index in [1.165, 1.54) is 63.5 Å². The molecule has 0 heterocycles. The minimum absolute atomic E-state index is 0.00858. The van der Waals surface area contributed by atoms with Gasteiger partial charge in [0.1, 0.15) is 0 Å². The molecule has 2 fully saturated rings. The fourth-order valence-corrected chi connectivity index (χ4v) is 5.43. The summed E-state index contributed by atoms with van der Waals surface area (Å²) in [4.78, 5) is 12.4. The third-order valence-corrected chi connectivity index (χ3v) is 7.32. The van der Waals surface area contributed by atoms with Crippen LogP contribution in [0.15, 0.2) is 12.1 Å². The Morgan fingerprint density at radius 2 is 1.69 bits per heavy atom. The fraction of sp³-hybridized carbons (Fsp3) is 0.720. The Hall–Kier alpha value is -1.58. The van der Waals surface area contributed by atoms with Crippen molar-refractivity contribution in [2.75, 3.05) is 6.61 Å². The summed E-state index contributed by atoms with van der Waals surface area (Å²) in [7, 11) is 0. The second-order valence-electron chi connectivity index (χ2n) is 9.32. The Morgan fingerprint density at radius 1 is 1.07 bits per heavy atom. The van der Waals surface area contributed by atoms with E-state index in [-0.39, 0.29) is 17.1 Å². The van der Waals surface area contributed by atoms with Gasteiger partial charge in [0.05, 0.1) is 12.2 Å². The Morgan fingerprint density at radius 3 is 2.31 bits per heavy atom. The molecule has 162 valence electrons. The monoisotopic (exact) mass is 404 g/mol. The van der Waals surface area contributed by atoms with Crippen LogP contribution in [0.2, 0.25) is 0 Å². The zero-order valence-corrected chi connectivity index (χ0v) is 18.1. The van der Waals surface area contributed by atoms with Gasteiger partial charge in [-0.25, -0.2) is 0 Å². The highest BCUT2D eigenvalue weighted by atomic mass is 19.1. The smallest absolute Gasteiger partial charge is 0.207 e. The Balaban J connectivity index is 1.40. The minimum Gasteiger partial charge on any atom is -0.504 e. The summed E-state index contributed by atoms with van der Waals surface area (Å²) >= 11 is 0. The lowest BCUT2D eigenvalue weighted by atomic mass is 9.69. The number of Topliss-reactive ketones (excluding diaryl/α,β-unsaturated/α-hetero) is 1. The number of rotatable bonds is 8. The zero-order valence-electron chi connectivity index (χ0n) is 18.1. The van der Waals surface area contributed by atoms with Crippen LogP contribution >= 0.6 is 0 Å². The molecule has 0 saturated heterocycles. The van der Waals surface area contributed by atoms with Crippen LogP contribution in [-0.4, -0.2) is 17.5 Å². The van der Waals surface area contributed by atoms with Crippen LogP contribution in [0.5, 0.6) is 11.5 Å². The summed E-state index contributed by atoms with van der Waals surface area (Å²) in [6.45, 7) is 4.44. The first-order valence-corrected chi connectivity index (χ1v) is 11.7. The van der Waals surface area contributed by atoms with Crippen LogP contribution in [-0.2, 0) is 0 Å². The molecular formula is C25H37FO3. The Bertz CT molecular complexity index is 671. The van der Waals surface area contributed by atoms with Gasteiger partial charge in [-0.2, -0.15) is 4.39 Å². The number of benzene rings is 1. The summed E-state index contributed by atoms with van der Waals surface area (Å²) in [6.07, 6.45) is 13.2. The van der Waals surface area contributed by atoms with Crippen molar-refractivity contribution in [1.29, 1.82) is 0 Å². The lowest BCUT2D eigenvalue weighted by Crippen LogP contribution is -2.25. The van der Waals surface area contributed by atoms with Crippen molar-refractivity contribution in [2.45, 2.75) is 84.5 Å². The lowest BCUT2D eigenvalue weighted by Gasteiger charge is -2.37. The standard InChI is InChI=1S/C25H37FO3/c1-3-29-23-16-15-21(25(28)24(23)26)22(27)6-4-5-18-9-13-20(14-10-18)19-11-7-17(2)8-12-19/h15-20,28H,3-14H2,1-2H3. The molecule has 2 aliphatic rings. The van der Waals surface area contributed by atoms with Crippen molar-refractivity contribution in [3.8, 4) is 11.5 Å². The third-order valence-electron chi connectivity index (χ3n) is 7.32. The molecule has 2 saturated carbocycles. The van der Waals surface area contributed by atoms with Gasteiger partial charge in [-0.3, -0.25) is 4.79 Å². The number of hydrogen-bond acceptors (Lipinski definition) is 3. The molecule has 0 aliphatic heterocycles. The van der Waals surface area contributed by atoms with Crippen molar-refractivity contribution in [3.05, 3.63) is 23.5 Å². The number of aromatic hydroxyl groups is 1. The number of hydrogen-bond donors (Lipinski definition) is 1. The van der Waals surface area contributed by atoms with Gasteiger partial charge in [-0.15, -0.1) is 0 Å². The summed E-state index contributed by atoms with van der Waals surface area (Å²) in [5.74, 6) is 1.89. The molecule has 29 heavy (non-hydrogen) atoms. The first kappa shape index (κ1) is 22.1. The third kappa shape index (κ3) is 5.73. The van der Waals surface area contributed by atoms with Crippen LogP contribution in [0.25, 0.3) is 0 Å². The van der Waals surface area contributed by atoms with Crippen molar-refractivity contribution >= 4 is 5.78 Å². The van der Waals surface area contributed by atoms with Gasteiger partial charge < -0.3 is 9.84 Å². The molecule has 3 nitrogen and oxygen atoms in total. The normalized spacial score (nSPS) is 27.6. The summed E-state index contributed by atoms with van der Waals surface area (Å²) < 4.78 is 19.2. The molecule has 0 unspecified atom stereocenters. The molecule has 2 aliphatic carbocycles. The Labute approximate surface area is 175 Å². The largest absolute Gasteiger partial charge is 0.504 e. The van der Waals surface area contributed by atoms with Crippen LogP contribution in [0.4, 0.5) is 4.39 Å². The molecule has 0 bridgehead atoms. The summed E-state index contributed by atoms with van der Waals surface area (Å²) in [5.41, 5.74) is 0.0705. The number of ketones is 1. The molecule has 1 aromatic carbocycles. The maximum Gasteiger partial charge on any atom is 0.207 e. The second kappa shape index (κ2) is 10.4. The van der Waals surface area contributed by atoms with Gasteiger partial charge >= 0.3 is 0 Å². The zero-order chi connectivity index (χ0) is 20.8. The average molecular weight is 405 g/mol. The van der Waals surface area contributed by atoms with E-state index < -0.39 is 11.6 Å². The van der Waals surface area contributed by atoms with E-state index in [1.807, 2.05) is 0 Å². The topological polar surface area (TPSA) is 46.5 Å². The number of carbonyl (C=O) groups excluding carboxylic acids is 1. The maximum atomic E-state index is 14.1. The van der Waals surface area contributed by atoms with Crippen LogP contribution in [0.3, 0.4) is 0 Å². The van der Waals surface area contributed by atoms with E-state index in [4.69, 9.17) is 4.74 Å². The van der Waals surface area contributed by atoms with Crippen molar-refractivity contribution < 1.29 is 19.0 Å². The molecule has 0 amide bonds. The molecule has 1 aromatic rings. The predicted octanol–water partition coefficient (Wildman–Crippen LogP) is 6.92. The van der Waals surface area contributed by atoms with E-state index in [1.54, 1.807) is 6.92 Å². The van der Waals surface area contributed by atoms with Crippen molar-refractivity contribution in [2.24, 2.45) is 23.7 Å². The van der Waals surface area contributed by atoms with E-state index in [2.05, 4.69) is 6.92 Å². The molecular weight excluding hydrogens is 367 g/mol. The highest BCUT2D eigenvalue weighted by molar-refractivity contribution is 5.98. The molecule has 3 rings (SSSR count). The number of carbonyl (C=O) groups is 1. The van der Waals surface area contributed by atoms with E-state index in [0.717, 1.165) is 30.6 Å². The SMILES string of the molecule is CCOc1ccc(C(=O)CCCC2CCC(C3CCC(C)CC3)CC2)c(O)c1F. The quantitative estimate of drug-likeness (QED) is 0.479.